The molecule has 1 atom stereocenters. The topological polar surface area (TPSA) is 70.3 Å². The molecule has 3 N–H and O–H groups in total. The smallest absolute Gasteiger partial charge is 0.125 e. The molecular weight excluding hydrogens is 249 g/mol. The molecule has 1 unspecified atom stereocenters. The average molecular weight is 265 g/mol. The van der Waals surface area contributed by atoms with Crippen molar-refractivity contribution in [2.75, 3.05) is 18.5 Å². The monoisotopic (exact) mass is 265 g/mol. The number of aliphatic hydroxyl groups is 2. The molecule has 5 nitrogen and oxygen atoms in total. The Labute approximate surface area is 110 Å². The summed E-state index contributed by atoms with van der Waals surface area (Å²) >= 11 is 0. The van der Waals surface area contributed by atoms with E-state index in [0.29, 0.717) is 11.4 Å². The highest BCUT2D eigenvalue weighted by atomic mass is 19.1. The maximum Gasteiger partial charge on any atom is 0.125 e. The summed E-state index contributed by atoms with van der Waals surface area (Å²) < 4.78 is 14.9. The summed E-state index contributed by atoms with van der Waals surface area (Å²) in [6.45, 7) is 1.70. The van der Waals surface area contributed by atoms with Crippen LogP contribution in [0, 0.1) is 12.7 Å². The Morgan fingerprint density at radius 1 is 1.47 bits per heavy atom. The molecule has 0 aliphatic rings. The summed E-state index contributed by atoms with van der Waals surface area (Å²) in [5, 5.41) is 25.2. The quantitative estimate of drug-likeness (QED) is 0.756. The minimum absolute atomic E-state index is 0.132. The van der Waals surface area contributed by atoms with Gasteiger partial charge in [0.15, 0.2) is 0 Å². The van der Waals surface area contributed by atoms with Crippen molar-refractivity contribution in [3.8, 4) is 5.69 Å². The van der Waals surface area contributed by atoms with E-state index < -0.39 is 6.10 Å². The fraction of sp³-hybridized carbons (Fsp3) is 0.308. The molecule has 0 saturated heterocycles. The number of rotatable bonds is 5. The van der Waals surface area contributed by atoms with Gasteiger partial charge in [0.25, 0.3) is 0 Å². The van der Waals surface area contributed by atoms with E-state index in [1.807, 2.05) is 13.1 Å². The molecular formula is C13H16FN3O2. The van der Waals surface area contributed by atoms with Crippen LogP contribution >= 0.6 is 0 Å². The molecule has 0 saturated carbocycles. The summed E-state index contributed by atoms with van der Waals surface area (Å²) in [6, 6.07) is 4.28. The van der Waals surface area contributed by atoms with Crippen LogP contribution in [0.1, 0.15) is 5.56 Å². The summed E-state index contributed by atoms with van der Waals surface area (Å²) in [5.74, 6) is -0.381. The fourth-order valence-electron chi connectivity index (χ4n) is 1.69. The van der Waals surface area contributed by atoms with Gasteiger partial charge in [0.1, 0.15) is 5.82 Å². The van der Waals surface area contributed by atoms with E-state index in [1.54, 1.807) is 16.9 Å². The molecule has 102 valence electrons. The summed E-state index contributed by atoms with van der Waals surface area (Å²) in [5.41, 5.74) is 2.18. The van der Waals surface area contributed by atoms with Crippen molar-refractivity contribution in [2.45, 2.75) is 13.0 Å². The summed E-state index contributed by atoms with van der Waals surface area (Å²) in [4.78, 5) is 0. The molecule has 0 fully saturated rings. The van der Waals surface area contributed by atoms with Crippen LogP contribution in [0.15, 0.2) is 30.6 Å². The van der Waals surface area contributed by atoms with Crippen molar-refractivity contribution in [1.82, 2.24) is 9.78 Å². The van der Waals surface area contributed by atoms with Crippen LogP contribution in [0.5, 0.6) is 0 Å². The largest absolute Gasteiger partial charge is 0.394 e. The zero-order chi connectivity index (χ0) is 13.8. The molecule has 0 bridgehead atoms. The van der Waals surface area contributed by atoms with Crippen molar-refractivity contribution >= 4 is 5.69 Å². The normalized spacial score (nSPS) is 12.4. The Balaban J connectivity index is 2.27. The van der Waals surface area contributed by atoms with Gasteiger partial charge < -0.3 is 15.5 Å². The van der Waals surface area contributed by atoms with E-state index in [-0.39, 0.29) is 19.0 Å². The van der Waals surface area contributed by atoms with Crippen LogP contribution in [-0.2, 0) is 0 Å². The molecule has 0 spiro atoms. The highest BCUT2D eigenvalue weighted by Crippen LogP contribution is 2.21. The van der Waals surface area contributed by atoms with E-state index >= 15 is 0 Å². The molecule has 19 heavy (non-hydrogen) atoms. The molecule has 2 rings (SSSR count). The van der Waals surface area contributed by atoms with Crippen LogP contribution in [-0.4, -0.2) is 39.2 Å². The SMILES string of the molecule is Cc1cnn(-c2ccc(F)cc2NCC(O)CO)c1. The molecule has 1 aromatic carbocycles. The number of aliphatic hydroxyl groups excluding tert-OH is 2. The maximum absolute atomic E-state index is 13.3. The number of benzene rings is 1. The molecule has 0 aliphatic carbocycles. The van der Waals surface area contributed by atoms with Crippen LogP contribution < -0.4 is 5.32 Å². The van der Waals surface area contributed by atoms with Gasteiger partial charge in [-0.1, -0.05) is 0 Å². The van der Waals surface area contributed by atoms with Gasteiger partial charge in [-0.2, -0.15) is 5.10 Å². The van der Waals surface area contributed by atoms with Crippen molar-refractivity contribution in [2.24, 2.45) is 0 Å². The highest BCUT2D eigenvalue weighted by molar-refractivity contribution is 5.61. The van der Waals surface area contributed by atoms with Gasteiger partial charge in [-0.05, 0) is 30.7 Å². The second-order valence-corrected chi connectivity index (χ2v) is 4.34. The lowest BCUT2D eigenvalue weighted by Gasteiger charge is -2.14. The summed E-state index contributed by atoms with van der Waals surface area (Å²) in [6.07, 6.45) is 2.63. The Kier molecular flexibility index (Phi) is 4.13. The minimum atomic E-state index is -0.893. The first-order chi connectivity index (χ1) is 9.10. The van der Waals surface area contributed by atoms with Crippen LogP contribution in [0.25, 0.3) is 5.69 Å². The zero-order valence-corrected chi connectivity index (χ0v) is 10.5. The first-order valence-corrected chi connectivity index (χ1v) is 5.94. The first-order valence-electron chi connectivity index (χ1n) is 5.94. The molecule has 1 heterocycles. The van der Waals surface area contributed by atoms with Gasteiger partial charge in [0.05, 0.1) is 30.3 Å². The molecule has 0 amide bonds. The van der Waals surface area contributed by atoms with Gasteiger partial charge in [-0.25, -0.2) is 9.07 Å². The number of nitrogens with zero attached hydrogens (tertiary/aromatic N) is 2. The van der Waals surface area contributed by atoms with E-state index in [9.17, 15) is 9.50 Å². The van der Waals surface area contributed by atoms with Crippen molar-refractivity contribution in [3.05, 3.63) is 42.0 Å². The van der Waals surface area contributed by atoms with Gasteiger partial charge in [-0.3, -0.25) is 0 Å². The lowest BCUT2D eigenvalue weighted by molar-refractivity contribution is 0.105. The van der Waals surface area contributed by atoms with Crippen molar-refractivity contribution in [1.29, 1.82) is 0 Å². The number of nitrogens with one attached hydrogen (secondary N) is 1. The highest BCUT2D eigenvalue weighted by Gasteiger charge is 2.09. The fourth-order valence-corrected chi connectivity index (χ4v) is 1.69. The number of aromatic nitrogens is 2. The Morgan fingerprint density at radius 2 is 2.26 bits per heavy atom. The third-order valence-electron chi connectivity index (χ3n) is 2.66. The molecule has 6 heteroatoms. The van der Waals surface area contributed by atoms with Crippen LogP contribution in [0.4, 0.5) is 10.1 Å². The first kappa shape index (κ1) is 13.5. The number of halogens is 1. The van der Waals surface area contributed by atoms with Crippen molar-refractivity contribution in [3.63, 3.8) is 0 Å². The second kappa shape index (κ2) is 5.81. The number of hydrogen-bond donors (Lipinski definition) is 3. The van der Waals surface area contributed by atoms with Crippen molar-refractivity contribution < 1.29 is 14.6 Å². The predicted octanol–water partition coefficient (Wildman–Crippen LogP) is 1.08. The average Bonchev–Trinajstić information content (AvgIpc) is 2.82. The van der Waals surface area contributed by atoms with Gasteiger partial charge in [-0.15, -0.1) is 0 Å². The van der Waals surface area contributed by atoms with Crippen LogP contribution in [0.3, 0.4) is 0 Å². The summed E-state index contributed by atoms with van der Waals surface area (Å²) in [7, 11) is 0. The molecule has 2 aromatic rings. The van der Waals surface area contributed by atoms with Crippen LogP contribution in [0.2, 0.25) is 0 Å². The Hall–Kier alpha value is -1.92. The van der Waals surface area contributed by atoms with Gasteiger partial charge in [0, 0.05) is 12.7 Å². The standard InChI is InChI=1S/C13H16FN3O2/c1-9-5-16-17(7-9)13-3-2-10(14)4-12(13)15-6-11(19)8-18/h2-5,7,11,15,18-19H,6,8H2,1H3. The number of hydrogen-bond acceptors (Lipinski definition) is 4. The van der Waals surface area contributed by atoms with Gasteiger partial charge >= 0.3 is 0 Å². The van der Waals surface area contributed by atoms with E-state index in [1.165, 1.54) is 12.1 Å². The van der Waals surface area contributed by atoms with E-state index in [0.717, 1.165) is 5.56 Å². The molecule has 0 aliphatic heterocycles. The third kappa shape index (κ3) is 3.30. The number of anilines is 1. The van der Waals surface area contributed by atoms with Gasteiger partial charge in [0.2, 0.25) is 0 Å². The predicted molar refractivity (Wildman–Crippen MR) is 69.8 cm³/mol. The molecule has 1 aromatic heterocycles. The Bertz CT molecular complexity index is 557. The lowest BCUT2D eigenvalue weighted by atomic mass is 10.2. The third-order valence-corrected chi connectivity index (χ3v) is 2.66. The second-order valence-electron chi connectivity index (χ2n) is 4.34. The van der Waals surface area contributed by atoms with E-state index in [4.69, 9.17) is 5.11 Å². The lowest BCUT2D eigenvalue weighted by Crippen LogP contribution is -2.23. The van der Waals surface area contributed by atoms with E-state index in [2.05, 4.69) is 10.4 Å². The Morgan fingerprint density at radius 3 is 2.89 bits per heavy atom. The molecule has 0 radical (unpaired) electrons. The zero-order valence-electron chi connectivity index (χ0n) is 10.5. The number of aryl methyl sites for hydroxylation is 1. The minimum Gasteiger partial charge on any atom is -0.394 e. The maximum atomic E-state index is 13.3.